The molecule has 0 spiro atoms. The highest BCUT2D eigenvalue weighted by molar-refractivity contribution is 5.75. The van der Waals surface area contributed by atoms with Crippen LogP contribution in [0.3, 0.4) is 0 Å². The molecule has 0 fully saturated rings. The summed E-state index contributed by atoms with van der Waals surface area (Å²) in [4.78, 5) is 14.0. The monoisotopic (exact) mass is 208 g/mol. The first kappa shape index (κ1) is 11.0. The standard InChI is InChI=1S/C9H12N4O2/c1-6-7(5-12-9(10)11)3-2-4-8(6)13(14)15/h2-4H,5H2,1H3,(H4,10,11,12). The van der Waals surface area contributed by atoms with Crippen LogP contribution in [0.15, 0.2) is 23.2 Å². The molecule has 15 heavy (non-hydrogen) atoms. The molecule has 0 heterocycles. The highest BCUT2D eigenvalue weighted by Gasteiger charge is 2.12. The van der Waals surface area contributed by atoms with Gasteiger partial charge in [-0.25, -0.2) is 4.99 Å². The molecule has 1 aromatic rings. The number of benzene rings is 1. The lowest BCUT2D eigenvalue weighted by Crippen LogP contribution is -2.22. The van der Waals surface area contributed by atoms with Gasteiger partial charge in [0.05, 0.1) is 11.5 Å². The highest BCUT2D eigenvalue weighted by Crippen LogP contribution is 2.21. The number of hydrogen-bond acceptors (Lipinski definition) is 3. The van der Waals surface area contributed by atoms with Gasteiger partial charge in [0.1, 0.15) is 0 Å². The van der Waals surface area contributed by atoms with Crippen LogP contribution >= 0.6 is 0 Å². The summed E-state index contributed by atoms with van der Waals surface area (Å²) < 4.78 is 0. The molecular weight excluding hydrogens is 196 g/mol. The predicted octanol–water partition coefficient (Wildman–Crippen LogP) is 0.677. The van der Waals surface area contributed by atoms with Gasteiger partial charge in [0.15, 0.2) is 5.96 Å². The van der Waals surface area contributed by atoms with Gasteiger partial charge in [-0.3, -0.25) is 10.1 Å². The molecule has 1 aromatic carbocycles. The van der Waals surface area contributed by atoms with Crippen molar-refractivity contribution in [2.75, 3.05) is 0 Å². The normalized spacial score (nSPS) is 9.67. The summed E-state index contributed by atoms with van der Waals surface area (Å²) in [7, 11) is 0. The van der Waals surface area contributed by atoms with Gasteiger partial charge in [0, 0.05) is 11.6 Å². The molecule has 0 aromatic heterocycles. The molecule has 0 atom stereocenters. The van der Waals surface area contributed by atoms with E-state index in [4.69, 9.17) is 11.5 Å². The van der Waals surface area contributed by atoms with Gasteiger partial charge >= 0.3 is 0 Å². The SMILES string of the molecule is Cc1c(CN=C(N)N)cccc1[N+](=O)[O-]. The summed E-state index contributed by atoms with van der Waals surface area (Å²) in [6.07, 6.45) is 0. The van der Waals surface area contributed by atoms with Crippen LogP contribution in [0.25, 0.3) is 0 Å². The van der Waals surface area contributed by atoms with Crippen LogP contribution < -0.4 is 11.5 Å². The lowest BCUT2D eigenvalue weighted by atomic mass is 10.1. The first-order chi connectivity index (χ1) is 7.02. The number of aliphatic imine (C=N–C) groups is 1. The Kier molecular flexibility index (Phi) is 3.22. The van der Waals surface area contributed by atoms with Crippen molar-refractivity contribution in [3.05, 3.63) is 39.4 Å². The Morgan fingerprint density at radius 1 is 1.53 bits per heavy atom. The third-order valence-corrected chi connectivity index (χ3v) is 2.05. The molecular formula is C9H12N4O2. The largest absolute Gasteiger partial charge is 0.370 e. The number of nitro benzene ring substituents is 1. The Labute approximate surface area is 86.8 Å². The number of nitro groups is 1. The van der Waals surface area contributed by atoms with E-state index in [1.807, 2.05) is 0 Å². The van der Waals surface area contributed by atoms with Crippen molar-refractivity contribution in [2.24, 2.45) is 16.5 Å². The van der Waals surface area contributed by atoms with E-state index in [1.165, 1.54) is 6.07 Å². The van der Waals surface area contributed by atoms with Gasteiger partial charge in [-0.2, -0.15) is 0 Å². The molecule has 4 N–H and O–H groups in total. The first-order valence-corrected chi connectivity index (χ1v) is 4.30. The number of nitrogens with two attached hydrogens (primary N) is 2. The van der Waals surface area contributed by atoms with Crippen LogP contribution in [-0.4, -0.2) is 10.9 Å². The maximum atomic E-state index is 10.6. The lowest BCUT2D eigenvalue weighted by Gasteiger charge is -2.03. The van der Waals surface area contributed by atoms with Crippen LogP contribution in [0.1, 0.15) is 11.1 Å². The van der Waals surface area contributed by atoms with Gasteiger partial charge in [-0.1, -0.05) is 12.1 Å². The second-order valence-corrected chi connectivity index (χ2v) is 3.06. The van der Waals surface area contributed by atoms with Gasteiger partial charge in [0.2, 0.25) is 0 Å². The van der Waals surface area contributed by atoms with Crippen LogP contribution in [-0.2, 0) is 6.54 Å². The molecule has 0 aliphatic rings. The van der Waals surface area contributed by atoms with Gasteiger partial charge in [-0.05, 0) is 12.5 Å². The first-order valence-electron chi connectivity index (χ1n) is 4.30. The smallest absolute Gasteiger partial charge is 0.272 e. The van der Waals surface area contributed by atoms with E-state index in [1.54, 1.807) is 19.1 Å². The molecule has 6 nitrogen and oxygen atoms in total. The summed E-state index contributed by atoms with van der Waals surface area (Å²) in [5.74, 6) is -0.0269. The summed E-state index contributed by atoms with van der Waals surface area (Å²) in [5.41, 5.74) is 11.8. The molecule has 0 aliphatic carbocycles. The topological polar surface area (TPSA) is 108 Å². The lowest BCUT2D eigenvalue weighted by molar-refractivity contribution is -0.385. The van der Waals surface area contributed by atoms with Crippen molar-refractivity contribution in [1.82, 2.24) is 0 Å². The molecule has 1 rings (SSSR count). The molecule has 0 bridgehead atoms. The second-order valence-electron chi connectivity index (χ2n) is 3.06. The number of nitrogens with zero attached hydrogens (tertiary/aromatic N) is 2. The molecule has 0 saturated carbocycles. The maximum Gasteiger partial charge on any atom is 0.272 e. The molecule has 0 radical (unpaired) electrons. The Morgan fingerprint density at radius 3 is 2.73 bits per heavy atom. The van der Waals surface area contributed by atoms with Crippen LogP contribution in [0.4, 0.5) is 5.69 Å². The van der Waals surface area contributed by atoms with Crippen LogP contribution in [0, 0.1) is 17.0 Å². The fourth-order valence-corrected chi connectivity index (χ4v) is 1.22. The fourth-order valence-electron chi connectivity index (χ4n) is 1.22. The number of rotatable bonds is 3. The molecule has 80 valence electrons. The number of hydrogen-bond donors (Lipinski definition) is 2. The van der Waals surface area contributed by atoms with Gasteiger partial charge < -0.3 is 11.5 Å². The maximum absolute atomic E-state index is 10.6. The third kappa shape index (κ3) is 2.67. The summed E-state index contributed by atoms with van der Waals surface area (Å²) in [6.45, 7) is 1.94. The van der Waals surface area contributed by atoms with Crippen LogP contribution in [0.5, 0.6) is 0 Å². The minimum Gasteiger partial charge on any atom is -0.370 e. The van der Waals surface area contributed by atoms with E-state index in [0.717, 1.165) is 5.56 Å². The summed E-state index contributed by atoms with van der Waals surface area (Å²) in [6, 6.07) is 4.83. The molecule has 0 unspecified atom stereocenters. The Hall–Kier alpha value is -2.11. The van der Waals surface area contributed by atoms with Crippen molar-refractivity contribution in [1.29, 1.82) is 0 Å². The third-order valence-electron chi connectivity index (χ3n) is 2.05. The quantitative estimate of drug-likeness (QED) is 0.329. The zero-order chi connectivity index (χ0) is 11.4. The Bertz CT molecular complexity index is 411. The number of guanidine groups is 1. The highest BCUT2D eigenvalue weighted by atomic mass is 16.6. The van der Waals surface area contributed by atoms with Crippen molar-refractivity contribution < 1.29 is 4.92 Å². The van der Waals surface area contributed by atoms with Gasteiger partial charge in [-0.15, -0.1) is 0 Å². The molecule has 0 aliphatic heterocycles. The van der Waals surface area contributed by atoms with Crippen molar-refractivity contribution in [3.63, 3.8) is 0 Å². The Morgan fingerprint density at radius 2 is 2.20 bits per heavy atom. The molecule has 0 amide bonds. The average Bonchev–Trinajstić information content (AvgIpc) is 2.15. The van der Waals surface area contributed by atoms with E-state index < -0.39 is 4.92 Å². The predicted molar refractivity (Wildman–Crippen MR) is 57.3 cm³/mol. The van der Waals surface area contributed by atoms with Crippen molar-refractivity contribution in [3.8, 4) is 0 Å². The zero-order valence-corrected chi connectivity index (χ0v) is 8.30. The minimum atomic E-state index is -0.422. The summed E-state index contributed by atoms with van der Waals surface area (Å²) >= 11 is 0. The zero-order valence-electron chi connectivity index (χ0n) is 8.30. The van der Waals surface area contributed by atoms with Gasteiger partial charge in [0.25, 0.3) is 5.69 Å². The minimum absolute atomic E-state index is 0.0269. The Balaban J connectivity index is 3.05. The molecule has 0 saturated heterocycles. The second kappa shape index (κ2) is 4.41. The van der Waals surface area contributed by atoms with E-state index in [-0.39, 0.29) is 18.2 Å². The summed E-state index contributed by atoms with van der Waals surface area (Å²) in [5, 5.41) is 10.6. The van der Waals surface area contributed by atoms with E-state index in [0.29, 0.717) is 5.56 Å². The van der Waals surface area contributed by atoms with Crippen LogP contribution in [0.2, 0.25) is 0 Å². The average molecular weight is 208 g/mol. The van der Waals surface area contributed by atoms with E-state index in [2.05, 4.69) is 4.99 Å². The van der Waals surface area contributed by atoms with Crippen molar-refractivity contribution >= 4 is 11.6 Å². The van der Waals surface area contributed by atoms with Crippen molar-refractivity contribution in [2.45, 2.75) is 13.5 Å². The van der Waals surface area contributed by atoms with E-state index in [9.17, 15) is 10.1 Å². The van der Waals surface area contributed by atoms with E-state index >= 15 is 0 Å². The molecule has 6 heteroatoms. The fraction of sp³-hybridized carbons (Fsp3) is 0.222.